The summed E-state index contributed by atoms with van der Waals surface area (Å²) < 4.78 is 0. The zero-order chi connectivity index (χ0) is 14.7. The van der Waals surface area contributed by atoms with E-state index in [2.05, 4.69) is 11.8 Å². The monoisotopic (exact) mass is 271 g/mol. The third-order valence-corrected chi connectivity index (χ3v) is 2.88. The van der Waals surface area contributed by atoms with Crippen LogP contribution in [0.5, 0.6) is 0 Å². The number of imide groups is 2. The molecule has 1 fully saturated rings. The maximum absolute atomic E-state index is 11.7. The normalized spacial score (nSPS) is 14.6. The van der Waals surface area contributed by atoms with Gasteiger partial charge in [0.15, 0.2) is 0 Å². The Balaban J connectivity index is 2.13. The van der Waals surface area contributed by atoms with E-state index < -0.39 is 17.8 Å². The molecule has 1 aromatic carbocycles. The van der Waals surface area contributed by atoms with Crippen LogP contribution >= 0.6 is 0 Å². The standard InChI is InChI=1S/C14H13N3O3/c1-16-12(18)13(19)17(14(16)20)9-11-6-4-10(5-7-11)3-2-8-15/h4-7H,8-9,15H2,1H3. The van der Waals surface area contributed by atoms with Gasteiger partial charge in [-0.2, -0.15) is 0 Å². The Morgan fingerprint density at radius 2 is 1.75 bits per heavy atom. The van der Waals surface area contributed by atoms with Gasteiger partial charge in [0.05, 0.1) is 13.1 Å². The number of rotatable bonds is 2. The zero-order valence-corrected chi connectivity index (χ0v) is 10.9. The molecule has 1 aliphatic rings. The van der Waals surface area contributed by atoms with Crippen LogP contribution < -0.4 is 5.73 Å². The molecule has 1 saturated heterocycles. The molecule has 0 saturated carbocycles. The van der Waals surface area contributed by atoms with Gasteiger partial charge in [0.2, 0.25) is 0 Å². The first-order valence-corrected chi connectivity index (χ1v) is 5.96. The van der Waals surface area contributed by atoms with Crippen molar-refractivity contribution in [1.29, 1.82) is 0 Å². The molecule has 0 bridgehead atoms. The molecule has 0 radical (unpaired) electrons. The van der Waals surface area contributed by atoms with Gasteiger partial charge in [-0.1, -0.05) is 24.0 Å². The molecule has 0 unspecified atom stereocenters. The van der Waals surface area contributed by atoms with E-state index in [9.17, 15) is 14.4 Å². The van der Waals surface area contributed by atoms with Gasteiger partial charge < -0.3 is 5.73 Å². The van der Waals surface area contributed by atoms with Gasteiger partial charge in [-0.25, -0.2) is 4.79 Å². The molecule has 0 spiro atoms. The molecule has 20 heavy (non-hydrogen) atoms. The van der Waals surface area contributed by atoms with E-state index in [0.29, 0.717) is 0 Å². The van der Waals surface area contributed by atoms with E-state index in [1.165, 1.54) is 7.05 Å². The molecular formula is C14H13N3O3. The molecule has 0 aliphatic carbocycles. The van der Waals surface area contributed by atoms with Gasteiger partial charge in [0.1, 0.15) is 0 Å². The van der Waals surface area contributed by atoms with E-state index in [0.717, 1.165) is 20.9 Å². The number of carbonyl (C=O) groups excluding carboxylic acids is 3. The first kappa shape index (κ1) is 13.8. The lowest BCUT2D eigenvalue weighted by molar-refractivity contribution is -0.143. The van der Waals surface area contributed by atoms with Crippen LogP contribution in [0.2, 0.25) is 0 Å². The molecule has 2 N–H and O–H groups in total. The number of benzene rings is 1. The Morgan fingerprint density at radius 1 is 1.10 bits per heavy atom. The van der Waals surface area contributed by atoms with Crippen molar-refractivity contribution in [3.8, 4) is 11.8 Å². The summed E-state index contributed by atoms with van der Waals surface area (Å²) in [7, 11) is 1.29. The minimum atomic E-state index is -0.805. The summed E-state index contributed by atoms with van der Waals surface area (Å²) in [5.41, 5.74) is 6.82. The lowest BCUT2D eigenvalue weighted by atomic mass is 10.1. The van der Waals surface area contributed by atoms with E-state index in [1.807, 2.05) is 0 Å². The first-order chi connectivity index (χ1) is 9.54. The quantitative estimate of drug-likeness (QED) is 0.463. The van der Waals surface area contributed by atoms with Crippen LogP contribution in [-0.2, 0) is 16.1 Å². The molecule has 0 aromatic heterocycles. The summed E-state index contributed by atoms with van der Waals surface area (Å²) in [5, 5.41) is 0. The van der Waals surface area contributed by atoms with Gasteiger partial charge >= 0.3 is 17.8 Å². The first-order valence-electron chi connectivity index (χ1n) is 5.96. The largest absolute Gasteiger partial charge is 0.334 e. The second-order valence-corrected chi connectivity index (χ2v) is 4.24. The van der Waals surface area contributed by atoms with Gasteiger partial charge in [-0.3, -0.25) is 19.4 Å². The highest BCUT2D eigenvalue weighted by molar-refractivity contribution is 6.44. The van der Waals surface area contributed by atoms with Crippen LogP contribution in [-0.4, -0.2) is 41.2 Å². The number of likely N-dealkylation sites (N-methyl/N-ethyl adjacent to an activating group) is 1. The summed E-state index contributed by atoms with van der Waals surface area (Å²) >= 11 is 0. The Morgan fingerprint density at radius 3 is 2.25 bits per heavy atom. The molecule has 1 aliphatic heterocycles. The number of hydrogen-bond donors (Lipinski definition) is 1. The molecule has 0 atom stereocenters. The van der Waals surface area contributed by atoms with Crippen molar-refractivity contribution in [3.05, 3.63) is 35.4 Å². The molecule has 1 heterocycles. The van der Waals surface area contributed by atoms with Crippen LogP contribution in [0.3, 0.4) is 0 Å². The number of hydrogen-bond acceptors (Lipinski definition) is 4. The fourth-order valence-corrected chi connectivity index (χ4v) is 1.78. The summed E-state index contributed by atoms with van der Waals surface area (Å²) in [6.45, 7) is 0.353. The van der Waals surface area contributed by atoms with Crippen molar-refractivity contribution in [2.75, 3.05) is 13.6 Å². The average molecular weight is 271 g/mol. The molecule has 4 amide bonds. The van der Waals surface area contributed by atoms with E-state index in [-0.39, 0.29) is 13.1 Å². The van der Waals surface area contributed by atoms with Crippen molar-refractivity contribution >= 4 is 17.8 Å². The van der Waals surface area contributed by atoms with E-state index in [1.54, 1.807) is 24.3 Å². The number of nitrogens with two attached hydrogens (primary N) is 1. The molecule has 6 heteroatoms. The Kier molecular flexibility index (Phi) is 3.82. The fourth-order valence-electron chi connectivity index (χ4n) is 1.78. The molecule has 6 nitrogen and oxygen atoms in total. The minimum absolute atomic E-state index is 0.0678. The van der Waals surface area contributed by atoms with Crippen molar-refractivity contribution in [1.82, 2.24) is 9.80 Å². The van der Waals surface area contributed by atoms with Crippen LogP contribution in [0.25, 0.3) is 0 Å². The second kappa shape index (κ2) is 5.55. The van der Waals surface area contributed by atoms with Gasteiger partial charge in [-0.05, 0) is 17.7 Å². The highest BCUT2D eigenvalue weighted by atomic mass is 16.2. The van der Waals surface area contributed by atoms with Gasteiger partial charge in [-0.15, -0.1) is 0 Å². The topological polar surface area (TPSA) is 83.7 Å². The SMILES string of the molecule is CN1C(=O)C(=O)N(Cc2ccc(C#CCN)cc2)C1=O. The van der Waals surface area contributed by atoms with Crippen LogP contribution in [0, 0.1) is 11.8 Å². The predicted molar refractivity (Wildman–Crippen MR) is 71.1 cm³/mol. The zero-order valence-electron chi connectivity index (χ0n) is 10.9. The molecule has 102 valence electrons. The number of amides is 4. The van der Waals surface area contributed by atoms with E-state index >= 15 is 0 Å². The third-order valence-electron chi connectivity index (χ3n) is 2.88. The number of carbonyl (C=O) groups is 3. The molecule has 2 rings (SSSR count). The predicted octanol–water partition coefficient (Wildman–Crippen LogP) is -0.0826. The number of nitrogens with zero attached hydrogens (tertiary/aromatic N) is 2. The maximum atomic E-state index is 11.7. The average Bonchev–Trinajstić information content (AvgIpc) is 2.64. The Labute approximate surface area is 116 Å². The second-order valence-electron chi connectivity index (χ2n) is 4.24. The van der Waals surface area contributed by atoms with Crippen molar-refractivity contribution in [3.63, 3.8) is 0 Å². The summed E-state index contributed by atoms with van der Waals surface area (Å²) in [6, 6.07) is 6.45. The smallest absolute Gasteiger partial charge is 0.320 e. The minimum Gasteiger partial charge on any atom is -0.320 e. The highest BCUT2D eigenvalue weighted by Crippen LogP contribution is 2.14. The van der Waals surface area contributed by atoms with Crippen molar-refractivity contribution in [2.45, 2.75) is 6.54 Å². The maximum Gasteiger partial charge on any atom is 0.334 e. The summed E-state index contributed by atoms with van der Waals surface area (Å²) in [6.07, 6.45) is 0. The summed E-state index contributed by atoms with van der Waals surface area (Å²) in [4.78, 5) is 36.4. The van der Waals surface area contributed by atoms with Gasteiger partial charge in [0.25, 0.3) is 0 Å². The van der Waals surface area contributed by atoms with E-state index in [4.69, 9.17) is 5.73 Å². The molecular weight excluding hydrogens is 258 g/mol. The van der Waals surface area contributed by atoms with Crippen molar-refractivity contribution in [2.24, 2.45) is 5.73 Å². The lowest BCUT2D eigenvalue weighted by Crippen LogP contribution is -2.30. The Bertz CT molecular complexity index is 625. The van der Waals surface area contributed by atoms with Crippen molar-refractivity contribution < 1.29 is 14.4 Å². The summed E-state index contributed by atoms with van der Waals surface area (Å²) in [5.74, 6) is 4.00. The van der Waals surface area contributed by atoms with Gasteiger partial charge in [0, 0.05) is 12.6 Å². The Hall–Kier alpha value is -2.65. The van der Waals surface area contributed by atoms with Crippen LogP contribution in [0.4, 0.5) is 4.79 Å². The van der Waals surface area contributed by atoms with Crippen LogP contribution in [0.1, 0.15) is 11.1 Å². The number of urea groups is 1. The fraction of sp³-hybridized carbons (Fsp3) is 0.214. The van der Waals surface area contributed by atoms with Crippen LogP contribution in [0.15, 0.2) is 24.3 Å². The third kappa shape index (κ3) is 2.53. The lowest BCUT2D eigenvalue weighted by Gasteiger charge is -2.12. The molecule has 1 aromatic rings. The highest BCUT2D eigenvalue weighted by Gasteiger charge is 2.41.